The molecule has 1 aromatic carbocycles. The van der Waals surface area contributed by atoms with Gasteiger partial charge < -0.3 is 23.8 Å². The van der Waals surface area contributed by atoms with E-state index in [9.17, 15) is 9.59 Å². The van der Waals surface area contributed by atoms with Crippen molar-refractivity contribution in [3.8, 4) is 23.3 Å². The van der Waals surface area contributed by atoms with Gasteiger partial charge in [0.05, 0.1) is 40.2 Å². The Kier molecular flexibility index (Phi) is 8.06. The van der Waals surface area contributed by atoms with E-state index < -0.39 is 5.97 Å². The molecule has 0 aliphatic rings. The normalized spacial score (nSPS) is 9.72. The number of esters is 1. The highest BCUT2D eigenvalue weighted by molar-refractivity contribution is 5.81. The van der Waals surface area contributed by atoms with Crippen molar-refractivity contribution in [2.24, 2.45) is 0 Å². The van der Waals surface area contributed by atoms with Gasteiger partial charge in [-0.15, -0.1) is 0 Å². The van der Waals surface area contributed by atoms with E-state index in [-0.39, 0.29) is 25.4 Å². The van der Waals surface area contributed by atoms with Crippen LogP contribution in [0.4, 0.5) is 0 Å². The van der Waals surface area contributed by atoms with Crippen LogP contribution in [0, 0.1) is 11.3 Å². The molecule has 0 aliphatic carbocycles. The number of methoxy groups -OCH3 is 3. The molecular weight excluding hydrogens is 328 g/mol. The van der Waals surface area contributed by atoms with Gasteiger partial charge in [-0.2, -0.15) is 5.26 Å². The fraction of sp³-hybridized carbons (Fsp3) is 0.471. The second-order valence-corrected chi connectivity index (χ2v) is 5.09. The van der Waals surface area contributed by atoms with E-state index in [1.165, 1.54) is 26.2 Å². The van der Waals surface area contributed by atoms with Gasteiger partial charge in [0.15, 0.2) is 18.1 Å². The maximum absolute atomic E-state index is 11.9. The molecule has 0 spiro atoms. The largest absolute Gasteiger partial charge is 0.493 e. The SMILES string of the molecule is COc1cc(CC(=O)OCC(=O)N(C)CCC#N)cc(OC)c1OC. The van der Waals surface area contributed by atoms with Gasteiger partial charge in [0.25, 0.3) is 5.91 Å². The summed E-state index contributed by atoms with van der Waals surface area (Å²) in [7, 11) is 6.00. The lowest BCUT2D eigenvalue weighted by molar-refractivity contribution is -0.150. The molecule has 0 radical (unpaired) electrons. The van der Waals surface area contributed by atoms with E-state index in [1.54, 1.807) is 19.2 Å². The van der Waals surface area contributed by atoms with Gasteiger partial charge in [0.2, 0.25) is 5.75 Å². The molecule has 0 N–H and O–H groups in total. The minimum Gasteiger partial charge on any atom is -0.493 e. The minimum atomic E-state index is -0.559. The van der Waals surface area contributed by atoms with Gasteiger partial charge in [-0.3, -0.25) is 9.59 Å². The van der Waals surface area contributed by atoms with Crippen molar-refractivity contribution in [2.75, 3.05) is 41.5 Å². The van der Waals surface area contributed by atoms with Crippen molar-refractivity contribution in [1.82, 2.24) is 4.90 Å². The fourth-order valence-corrected chi connectivity index (χ4v) is 2.05. The molecule has 1 amide bonds. The third-order valence-electron chi connectivity index (χ3n) is 3.41. The summed E-state index contributed by atoms with van der Waals surface area (Å²) >= 11 is 0. The average molecular weight is 350 g/mol. The number of amides is 1. The molecule has 0 bridgehead atoms. The maximum atomic E-state index is 11.9. The van der Waals surface area contributed by atoms with Crippen molar-refractivity contribution >= 4 is 11.9 Å². The van der Waals surface area contributed by atoms with Crippen molar-refractivity contribution in [1.29, 1.82) is 5.26 Å². The summed E-state index contributed by atoms with van der Waals surface area (Å²) in [6.45, 7) is -0.0784. The summed E-state index contributed by atoms with van der Waals surface area (Å²) in [5.41, 5.74) is 0.602. The Labute approximate surface area is 146 Å². The zero-order chi connectivity index (χ0) is 18.8. The van der Waals surface area contributed by atoms with Crippen molar-refractivity contribution in [3.63, 3.8) is 0 Å². The molecule has 0 fully saturated rings. The highest BCUT2D eigenvalue weighted by atomic mass is 16.5. The monoisotopic (exact) mass is 350 g/mol. The van der Waals surface area contributed by atoms with Gasteiger partial charge >= 0.3 is 5.97 Å². The number of carbonyl (C=O) groups is 2. The predicted octanol–water partition coefficient (Wildman–Crippen LogP) is 1.17. The highest BCUT2D eigenvalue weighted by Gasteiger charge is 2.16. The van der Waals surface area contributed by atoms with Crippen LogP contribution in [0.5, 0.6) is 17.2 Å². The summed E-state index contributed by atoms with van der Waals surface area (Å²) in [5, 5.41) is 8.50. The molecule has 0 aliphatic heterocycles. The molecule has 25 heavy (non-hydrogen) atoms. The second-order valence-electron chi connectivity index (χ2n) is 5.09. The number of hydrogen-bond acceptors (Lipinski definition) is 7. The molecule has 0 unspecified atom stereocenters. The van der Waals surface area contributed by atoms with Crippen molar-refractivity contribution in [2.45, 2.75) is 12.8 Å². The number of rotatable bonds is 9. The second kappa shape index (κ2) is 10.0. The molecule has 0 aromatic heterocycles. The topological polar surface area (TPSA) is 98.1 Å². The van der Waals surface area contributed by atoms with E-state index in [1.807, 2.05) is 6.07 Å². The Balaban J connectivity index is 2.68. The molecular formula is C17H22N2O6. The number of nitrogens with zero attached hydrogens (tertiary/aromatic N) is 2. The molecule has 8 heteroatoms. The Morgan fingerprint density at radius 3 is 2.20 bits per heavy atom. The molecule has 1 aromatic rings. The quantitative estimate of drug-likeness (QED) is 0.617. The Hall–Kier alpha value is -2.95. The number of carbonyl (C=O) groups excluding carboxylic acids is 2. The number of hydrogen-bond donors (Lipinski definition) is 0. The van der Waals surface area contributed by atoms with Gasteiger partial charge in [-0.05, 0) is 17.7 Å². The van der Waals surface area contributed by atoms with Crippen molar-refractivity contribution in [3.05, 3.63) is 17.7 Å². The molecule has 0 heterocycles. The predicted molar refractivity (Wildman–Crippen MR) is 88.6 cm³/mol. The molecule has 8 nitrogen and oxygen atoms in total. The first kappa shape index (κ1) is 20.1. The van der Waals surface area contributed by atoms with Crippen LogP contribution in [-0.4, -0.2) is 58.3 Å². The molecule has 0 saturated carbocycles. The Bertz CT molecular complexity index is 628. The Morgan fingerprint density at radius 1 is 1.12 bits per heavy atom. The molecule has 1 rings (SSSR count). The van der Waals surface area contributed by atoms with Gasteiger partial charge in [0.1, 0.15) is 0 Å². The zero-order valence-corrected chi connectivity index (χ0v) is 14.8. The Morgan fingerprint density at radius 2 is 1.72 bits per heavy atom. The van der Waals surface area contributed by atoms with Crippen LogP contribution in [0.1, 0.15) is 12.0 Å². The number of likely N-dealkylation sites (N-methyl/N-ethyl adjacent to an activating group) is 1. The van der Waals surface area contributed by atoms with Crippen LogP contribution in [0.15, 0.2) is 12.1 Å². The third-order valence-corrected chi connectivity index (χ3v) is 3.41. The van der Waals surface area contributed by atoms with Crippen LogP contribution in [-0.2, 0) is 20.7 Å². The minimum absolute atomic E-state index is 0.0497. The molecule has 136 valence electrons. The summed E-state index contributed by atoms with van der Waals surface area (Å²) in [5.74, 6) is 0.357. The lowest BCUT2D eigenvalue weighted by atomic mass is 10.1. The van der Waals surface area contributed by atoms with Crippen LogP contribution in [0.3, 0.4) is 0 Å². The van der Waals surface area contributed by atoms with Crippen LogP contribution < -0.4 is 14.2 Å². The lowest BCUT2D eigenvalue weighted by Crippen LogP contribution is -2.32. The maximum Gasteiger partial charge on any atom is 0.310 e. The fourth-order valence-electron chi connectivity index (χ4n) is 2.05. The van der Waals surface area contributed by atoms with Crippen LogP contribution >= 0.6 is 0 Å². The first-order chi connectivity index (χ1) is 12.0. The van der Waals surface area contributed by atoms with E-state index in [2.05, 4.69) is 0 Å². The standard InChI is InChI=1S/C17H22N2O6/c1-19(7-5-6-18)15(20)11-25-16(21)10-12-8-13(22-2)17(24-4)14(9-12)23-3/h8-9H,5,7,10-11H2,1-4H3. The third kappa shape index (κ3) is 5.88. The average Bonchev–Trinajstić information content (AvgIpc) is 2.62. The first-order valence-corrected chi connectivity index (χ1v) is 7.52. The van der Waals surface area contributed by atoms with Crippen molar-refractivity contribution < 1.29 is 28.5 Å². The smallest absolute Gasteiger partial charge is 0.310 e. The highest BCUT2D eigenvalue weighted by Crippen LogP contribution is 2.38. The lowest BCUT2D eigenvalue weighted by Gasteiger charge is -2.16. The van der Waals surface area contributed by atoms with E-state index >= 15 is 0 Å². The number of ether oxygens (including phenoxy) is 4. The summed E-state index contributed by atoms with van der Waals surface area (Å²) in [4.78, 5) is 25.1. The summed E-state index contributed by atoms with van der Waals surface area (Å²) < 4.78 is 20.7. The van der Waals surface area contributed by atoms with E-state index in [0.717, 1.165) is 0 Å². The molecule has 0 saturated heterocycles. The summed E-state index contributed by atoms with van der Waals surface area (Å²) in [6, 6.07) is 5.23. The van der Waals surface area contributed by atoms with Crippen LogP contribution in [0.25, 0.3) is 0 Å². The number of benzene rings is 1. The molecule has 0 atom stereocenters. The first-order valence-electron chi connectivity index (χ1n) is 7.52. The van der Waals surface area contributed by atoms with Gasteiger partial charge in [-0.25, -0.2) is 0 Å². The van der Waals surface area contributed by atoms with E-state index in [0.29, 0.717) is 29.4 Å². The van der Waals surface area contributed by atoms with E-state index in [4.69, 9.17) is 24.2 Å². The van der Waals surface area contributed by atoms with Gasteiger partial charge in [-0.1, -0.05) is 0 Å². The number of nitriles is 1. The zero-order valence-electron chi connectivity index (χ0n) is 14.8. The van der Waals surface area contributed by atoms with Gasteiger partial charge in [0, 0.05) is 13.6 Å². The van der Waals surface area contributed by atoms with Crippen LogP contribution in [0.2, 0.25) is 0 Å². The summed E-state index contributed by atoms with van der Waals surface area (Å²) in [6.07, 6.45) is 0.174.